The monoisotopic (exact) mass is 313 g/mol. The van der Waals surface area contributed by atoms with Crippen molar-refractivity contribution in [2.45, 2.75) is 37.8 Å². The zero-order valence-corrected chi connectivity index (χ0v) is 14.1. The molecule has 0 bridgehead atoms. The van der Waals surface area contributed by atoms with E-state index in [1.165, 1.54) is 11.1 Å². The van der Waals surface area contributed by atoms with Gasteiger partial charge in [-0.3, -0.25) is 4.90 Å². The van der Waals surface area contributed by atoms with Crippen LogP contribution in [0, 0.1) is 0 Å². The van der Waals surface area contributed by atoms with E-state index in [0.717, 1.165) is 24.3 Å². The fraction of sp³-hybridized carbons (Fsp3) is 0.474. The number of phenols is 1. The third-order valence-corrected chi connectivity index (χ3v) is 5.83. The lowest BCUT2D eigenvalue weighted by molar-refractivity contribution is 0.112. The van der Waals surface area contributed by atoms with Crippen LogP contribution in [-0.2, 0) is 16.6 Å². The van der Waals surface area contributed by atoms with E-state index >= 15 is 0 Å². The first-order valence-electron chi connectivity index (χ1n) is 8.20. The first-order valence-corrected chi connectivity index (χ1v) is 8.20. The zero-order chi connectivity index (χ0) is 16.4. The molecule has 0 saturated heterocycles. The average molecular weight is 313 g/mol. The van der Waals surface area contributed by atoms with Crippen molar-refractivity contribution in [3.63, 3.8) is 0 Å². The third-order valence-electron chi connectivity index (χ3n) is 5.83. The minimum Gasteiger partial charge on any atom is -0.504 e. The summed E-state index contributed by atoms with van der Waals surface area (Å²) in [5.41, 5.74) is 3.47. The SMILES string of the molecule is CCN(C)[C@@H]1Cc2ccc(O)c3c2[C@]2(C)C1=CC=C(OC)[C@@H]2O3. The summed E-state index contributed by atoms with van der Waals surface area (Å²) in [4.78, 5) is 2.38. The van der Waals surface area contributed by atoms with Gasteiger partial charge in [-0.2, -0.15) is 0 Å². The minimum atomic E-state index is -0.282. The molecule has 1 N–H and O–H groups in total. The predicted octanol–water partition coefficient (Wildman–Crippen LogP) is 2.76. The summed E-state index contributed by atoms with van der Waals surface area (Å²) in [6, 6.07) is 4.14. The molecule has 0 saturated carbocycles. The average Bonchev–Trinajstić information content (AvgIpc) is 2.88. The zero-order valence-electron chi connectivity index (χ0n) is 14.1. The lowest BCUT2D eigenvalue weighted by Crippen LogP contribution is -2.51. The highest BCUT2D eigenvalue weighted by Gasteiger charge is 2.57. The number of benzene rings is 1. The topological polar surface area (TPSA) is 41.9 Å². The van der Waals surface area contributed by atoms with Gasteiger partial charge in [0, 0.05) is 11.6 Å². The molecule has 0 fully saturated rings. The maximum atomic E-state index is 10.3. The summed E-state index contributed by atoms with van der Waals surface area (Å²) >= 11 is 0. The fourth-order valence-electron chi connectivity index (χ4n) is 4.47. The number of rotatable bonds is 3. The molecule has 122 valence electrons. The molecule has 0 unspecified atom stereocenters. The van der Waals surface area contributed by atoms with Crippen LogP contribution in [0.15, 0.2) is 35.6 Å². The van der Waals surface area contributed by atoms with E-state index < -0.39 is 0 Å². The molecule has 1 aromatic rings. The van der Waals surface area contributed by atoms with Crippen LogP contribution in [0.1, 0.15) is 25.0 Å². The Morgan fingerprint density at radius 2 is 2.17 bits per heavy atom. The second-order valence-electron chi connectivity index (χ2n) is 6.84. The number of phenolic OH excluding ortho intramolecular Hbond substituents is 1. The Balaban J connectivity index is 1.99. The number of methoxy groups -OCH3 is 1. The Kier molecular flexibility index (Phi) is 3.04. The van der Waals surface area contributed by atoms with Crippen molar-refractivity contribution in [1.29, 1.82) is 0 Å². The highest BCUT2D eigenvalue weighted by atomic mass is 16.5. The second-order valence-corrected chi connectivity index (χ2v) is 6.84. The van der Waals surface area contributed by atoms with Gasteiger partial charge < -0.3 is 14.6 Å². The molecule has 3 aliphatic rings. The lowest BCUT2D eigenvalue weighted by Gasteiger charge is -2.46. The molecule has 0 amide bonds. The van der Waals surface area contributed by atoms with E-state index in [-0.39, 0.29) is 17.3 Å². The van der Waals surface area contributed by atoms with Gasteiger partial charge in [0.1, 0.15) is 5.76 Å². The Hall–Kier alpha value is -1.94. The van der Waals surface area contributed by atoms with Gasteiger partial charge in [-0.05, 0) is 50.2 Å². The van der Waals surface area contributed by atoms with Crippen molar-refractivity contribution in [2.75, 3.05) is 20.7 Å². The molecule has 0 aromatic heterocycles. The van der Waals surface area contributed by atoms with Gasteiger partial charge in [-0.15, -0.1) is 0 Å². The maximum Gasteiger partial charge on any atom is 0.169 e. The van der Waals surface area contributed by atoms with E-state index in [2.05, 4.69) is 31.9 Å². The normalized spacial score (nSPS) is 30.5. The Bertz CT molecular complexity index is 736. The van der Waals surface area contributed by atoms with Crippen LogP contribution >= 0.6 is 0 Å². The molecular weight excluding hydrogens is 290 g/mol. The number of likely N-dealkylation sites (N-methyl/N-ethyl adjacent to an activating group) is 1. The molecule has 1 aromatic carbocycles. The minimum absolute atomic E-state index is 0.206. The summed E-state index contributed by atoms with van der Waals surface area (Å²) in [6.45, 7) is 5.40. The number of aromatic hydroxyl groups is 1. The first kappa shape index (κ1) is 14.6. The molecule has 4 rings (SSSR count). The molecular formula is C19H23NO3. The van der Waals surface area contributed by atoms with Crippen LogP contribution in [0.2, 0.25) is 0 Å². The highest BCUT2D eigenvalue weighted by Crippen LogP contribution is 2.59. The number of ether oxygens (including phenoxy) is 2. The van der Waals surface area contributed by atoms with Crippen LogP contribution in [0.4, 0.5) is 0 Å². The van der Waals surface area contributed by atoms with Crippen molar-refractivity contribution in [2.24, 2.45) is 0 Å². The van der Waals surface area contributed by atoms with Crippen molar-refractivity contribution < 1.29 is 14.6 Å². The van der Waals surface area contributed by atoms with Gasteiger partial charge in [-0.25, -0.2) is 0 Å². The number of nitrogens with zero attached hydrogens (tertiary/aromatic N) is 1. The van der Waals surface area contributed by atoms with Crippen LogP contribution in [0.25, 0.3) is 0 Å². The summed E-state index contributed by atoms with van der Waals surface area (Å²) in [7, 11) is 3.85. The van der Waals surface area contributed by atoms with Crippen molar-refractivity contribution in [3.05, 3.63) is 46.7 Å². The van der Waals surface area contributed by atoms with E-state index in [9.17, 15) is 5.11 Å². The molecule has 3 atom stereocenters. The van der Waals surface area contributed by atoms with Gasteiger partial charge in [0.15, 0.2) is 17.6 Å². The first-order chi connectivity index (χ1) is 11.0. The molecule has 4 nitrogen and oxygen atoms in total. The summed E-state index contributed by atoms with van der Waals surface area (Å²) in [6.07, 6.45) is 4.95. The molecule has 1 heterocycles. The third kappa shape index (κ3) is 1.70. The van der Waals surface area contributed by atoms with Crippen LogP contribution in [0.5, 0.6) is 11.5 Å². The standard InChI is InChI=1S/C19H23NO3/c1-5-20(3)13-10-11-6-8-14(21)17-16(11)19(2)12(13)7-9-15(22-4)18(19)23-17/h6-9,13,18,21H,5,10H2,1-4H3/t13-,18+,19+/m1/s1. The molecule has 1 aliphatic heterocycles. The predicted molar refractivity (Wildman–Crippen MR) is 88.8 cm³/mol. The van der Waals surface area contributed by atoms with Crippen molar-refractivity contribution in [3.8, 4) is 11.5 Å². The van der Waals surface area contributed by atoms with Crippen LogP contribution < -0.4 is 4.74 Å². The van der Waals surface area contributed by atoms with Crippen LogP contribution in [-0.4, -0.2) is 42.9 Å². The second kappa shape index (κ2) is 4.78. The van der Waals surface area contributed by atoms with Crippen molar-refractivity contribution in [1.82, 2.24) is 4.90 Å². The highest BCUT2D eigenvalue weighted by molar-refractivity contribution is 5.66. The maximum absolute atomic E-state index is 10.3. The van der Waals surface area contributed by atoms with E-state index in [1.807, 2.05) is 12.1 Å². The molecule has 23 heavy (non-hydrogen) atoms. The van der Waals surface area contributed by atoms with Crippen LogP contribution in [0.3, 0.4) is 0 Å². The number of allylic oxidation sites excluding steroid dienone is 2. The Morgan fingerprint density at radius 1 is 1.39 bits per heavy atom. The molecule has 0 radical (unpaired) electrons. The summed E-state index contributed by atoms with van der Waals surface area (Å²) < 4.78 is 11.8. The molecule has 0 spiro atoms. The Labute approximate surface area is 137 Å². The van der Waals surface area contributed by atoms with Gasteiger partial charge in [0.25, 0.3) is 0 Å². The van der Waals surface area contributed by atoms with Gasteiger partial charge in [-0.1, -0.05) is 19.1 Å². The smallest absolute Gasteiger partial charge is 0.169 e. The lowest BCUT2D eigenvalue weighted by atomic mass is 9.62. The van der Waals surface area contributed by atoms with Gasteiger partial charge >= 0.3 is 0 Å². The van der Waals surface area contributed by atoms with E-state index in [0.29, 0.717) is 11.8 Å². The quantitative estimate of drug-likeness (QED) is 0.932. The largest absolute Gasteiger partial charge is 0.504 e. The van der Waals surface area contributed by atoms with E-state index in [4.69, 9.17) is 9.47 Å². The molecule has 4 heteroatoms. The van der Waals surface area contributed by atoms with Gasteiger partial charge in [0.2, 0.25) is 0 Å². The molecule has 2 aliphatic carbocycles. The fourth-order valence-corrected chi connectivity index (χ4v) is 4.47. The number of hydrogen-bond acceptors (Lipinski definition) is 4. The summed E-state index contributed by atoms with van der Waals surface area (Å²) in [5, 5.41) is 10.3. The van der Waals surface area contributed by atoms with E-state index in [1.54, 1.807) is 13.2 Å². The Morgan fingerprint density at radius 3 is 2.87 bits per heavy atom. The number of hydrogen-bond donors (Lipinski definition) is 1. The van der Waals surface area contributed by atoms with Gasteiger partial charge in [0.05, 0.1) is 12.5 Å². The summed E-state index contributed by atoms with van der Waals surface area (Å²) in [5.74, 6) is 1.66. The van der Waals surface area contributed by atoms with Crippen molar-refractivity contribution >= 4 is 0 Å².